The number of anilines is 3. The molecule has 0 aliphatic heterocycles. The lowest BCUT2D eigenvalue weighted by Crippen LogP contribution is -2.17. The van der Waals surface area contributed by atoms with Gasteiger partial charge < -0.3 is 4.90 Å². The maximum atomic E-state index is 2.51. The molecule has 11 rings (SSSR count). The number of nitrogens with zero attached hydrogens (tertiary/aromatic N) is 1. The van der Waals surface area contributed by atoms with Crippen LogP contribution < -0.4 is 4.90 Å². The van der Waals surface area contributed by atoms with Gasteiger partial charge in [-0.25, -0.2) is 0 Å². The normalized spacial score (nSPS) is 13.8. The van der Waals surface area contributed by atoms with Crippen molar-refractivity contribution in [1.82, 2.24) is 0 Å². The van der Waals surface area contributed by atoms with Crippen molar-refractivity contribution in [3.05, 3.63) is 235 Å². The molecule has 0 spiro atoms. The van der Waals surface area contributed by atoms with Crippen molar-refractivity contribution in [2.45, 2.75) is 38.5 Å². The third-order valence-electron chi connectivity index (χ3n) is 13.5. The van der Waals surface area contributed by atoms with Crippen molar-refractivity contribution in [1.29, 1.82) is 0 Å². The third kappa shape index (κ3) is 5.83. The van der Waals surface area contributed by atoms with Crippen LogP contribution in [0.15, 0.2) is 212 Å². The highest BCUT2D eigenvalue weighted by molar-refractivity contribution is 6.01. The van der Waals surface area contributed by atoms with Gasteiger partial charge in [0, 0.05) is 27.6 Å². The molecule has 0 amide bonds. The SMILES string of the molecule is CC1(C)c2ccccc2-c2c(-c3ccccc3N(c3ccc(-c4ccc(-c5ccccc5)cc4)cc3)c3ccccc3-c3cccc4c3C(C)(C)c3ccccc3-4)cccc21. The summed E-state index contributed by atoms with van der Waals surface area (Å²) in [5.41, 5.74) is 23.7. The summed E-state index contributed by atoms with van der Waals surface area (Å²) in [7, 11) is 0. The van der Waals surface area contributed by atoms with Crippen LogP contribution >= 0.6 is 0 Å². The van der Waals surface area contributed by atoms with E-state index in [1.54, 1.807) is 0 Å². The van der Waals surface area contributed by atoms with Crippen molar-refractivity contribution in [3.8, 4) is 66.8 Å². The minimum Gasteiger partial charge on any atom is -0.309 e. The second kappa shape index (κ2) is 14.2. The maximum Gasteiger partial charge on any atom is 0.0540 e. The molecular weight excluding hydrogens is 735 g/mol. The average molecular weight is 782 g/mol. The van der Waals surface area contributed by atoms with E-state index in [4.69, 9.17) is 0 Å². The fourth-order valence-corrected chi connectivity index (χ4v) is 10.5. The molecule has 0 radical (unpaired) electrons. The Morgan fingerprint density at radius 3 is 1.30 bits per heavy atom. The summed E-state index contributed by atoms with van der Waals surface area (Å²) in [4.78, 5) is 2.51. The van der Waals surface area contributed by atoms with Gasteiger partial charge in [-0.15, -0.1) is 0 Å². The Balaban J connectivity index is 1.11. The van der Waals surface area contributed by atoms with Crippen LogP contribution in [0.5, 0.6) is 0 Å². The first-order chi connectivity index (χ1) is 29.8. The van der Waals surface area contributed by atoms with Crippen molar-refractivity contribution >= 4 is 17.1 Å². The van der Waals surface area contributed by atoms with Crippen LogP contribution in [0.4, 0.5) is 17.1 Å². The highest BCUT2D eigenvalue weighted by atomic mass is 15.1. The minimum atomic E-state index is -0.166. The Morgan fingerprint density at radius 1 is 0.279 bits per heavy atom. The lowest BCUT2D eigenvalue weighted by Gasteiger charge is -2.32. The summed E-state index contributed by atoms with van der Waals surface area (Å²) in [5.74, 6) is 0. The van der Waals surface area contributed by atoms with Gasteiger partial charge in [-0.2, -0.15) is 0 Å². The van der Waals surface area contributed by atoms with Crippen LogP contribution in [0, 0.1) is 0 Å². The smallest absolute Gasteiger partial charge is 0.0540 e. The zero-order chi connectivity index (χ0) is 41.3. The molecular formula is C60H47N. The summed E-state index contributed by atoms with van der Waals surface area (Å²) in [6.45, 7) is 9.50. The molecule has 0 bridgehead atoms. The fourth-order valence-electron chi connectivity index (χ4n) is 10.5. The first-order valence-corrected chi connectivity index (χ1v) is 21.5. The van der Waals surface area contributed by atoms with E-state index in [1.807, 2.05) is 0 Å². The van der Waals surface area contributed by atoms with E-state index in [0.29, 0.717) is 0 Å². The highest BCUT2D eigenvalue weighted by Gasteiger charge is 2.39. The molecule has 9 aromatic carbocycles. The summed E-state index contributed by atoms with van der Waals surface area (Å²) in [6.07, 6.45) is 0. The highest BCUT2D eigenvalue weighted by Crippen LogP contribution is 2.56. The lowest BCUT2D eigenvalue weighted by atomic mass is 9.78. The monoisotopic (exact) mass is 781 g/mol. The second-order valence-electron chi connectivity index (χ2n) is 17.7. The molecule has 0 atom stereocenters. The quantitative estimate of drug-likeness (QED) is 0.156. The zero-order valence-electron chi connectivity index (χ0n) is 35.2. The molecule has 0 aromatic heterocycles. The molecule has 2 aliphatic rings. The number of fused-ring (bicyclic) bond motifs is 6. The molecule has 1 nitrogen and oxygen atoms in total. The minimum absolute atomic E-state index is 0.101. The Hall–Kier alpha value is -7.22. The number of hydrogen-bond donors (Lipinski definition) is 0. The van der Waals surface area contributed by atoms with E-state index in [0.717, 1.165) is 17.1 Å². The molecule has 0 saturated heterocycles. The third-order valence-corrected chi connectivity index (χ3v) is 13.5. The van der Waals surface area contributed by atoms with Gasteiger partial charge in [0.15, 0.2) is 0 Å². The zero-order valence-corrected chi connectivity index (χ0v) is 35.2. The van der Waals surface area contributed by atoms with Crippen LogP contribution in [0.25, 0.3) is 66.8 Å². The average Bonchev–Trinajstić information content (AvgIpc) is 3.70. The molecule has 1 heteroatoms. The topological polar surface area (TPSA) is 3.24 Å². The van der Waals surface area contributed by atoms with Gasteiger partial charge in [-0.05, 0) is 102 Å². The molecule has 0 unspecified atom stereocenters. The molecule has 0 saturated carbocycles. The van der Waals surface area contributed by atoms with Gasteiger partial charge in [-0.1, -0.05) is 216 Å². The number of benzene rings is 9. The first-order valence-electron chi connectivity index (χ1n) is 21.5. The van der Waals surface area contributed by atoms with Crippen LogP contribution in [-0.4, -0.2) is 0 Å². The Morgan fingerprint density at radius 2 is 0.672 bits per heavy atom. The van der Waals surface area contributed by atoms with Crippen LogP contribution in [0.3, 0.4) is 0 Å². The number of para-hydroxylation sites is 2. The summed E-state index contributed by atoms with van der Waals surface area (Å²) in [5, 5.41) is 0. The van der Waals surface area contributed by atoms with Crippen LogP contribution in [0.1, 0.15) is 49.9 Å². The van der Waals surface area contributed by atoms with E-state index in [1.165, 1.54) is 89.0 Å². The van der Waals surface area contributed by atoms with Gasteiger partial charge in [-0.3, -0.25) is 0 Å². The predicted octanol–water partition coefficient (Wildman–Crippen LogP) is 16.4. The van der Waals surface area contributed by atoms with Crippen molar-refractivity contribution in [3.63, 3.8) is 0 Å². The Kier molecular flexibility index (Phi) is 8.58. The standard InChI is InChI=1S/C60H47N/c1-59(2)53-28-13-9-23-51(53)57-48(24-17-29-54(57)59)46-21-10-14-30-55(46)61(44-38-36-43(37-39-44)42-34-32-41(33-35-42)40-18-6-5-7-19-40)56-31-15-11-22-47(56)50-26-16-25-49-45-20-8-12-27-52(45)60(3,4)58(49)50/h5-39H,1-4H3. The predicted molar refractivity (Wildman–Crippen MR) is 258 cm³/mol. The fraction of sp³-hybridized carbons (Fsp3) is 0.100. The van der Waals surface area contributed by atoms with Crippen LogP contribution in [0.2, 0.25) is 0 Å². The van der Waals surface area contributed by atoms with Gasteiger partial charge in [0.25, 0.3) is 0 Å². The van der Waals surface area contributed by atoms with E-state index in [9.17, 15) is 0 Å². The van der Waals surface area contributed by atoms with Crippen LogP contribution in [-0.2, 0) is 10.8 Å². The summed E-state index contributed by atoms with van der Waals surface area (Å²) < 4.78 is 0. The van der Waals surface area contributed by atoms with Crippen molar-refractivity contribution in [2.75, 3.05) is 4.90 Å². The van der Waals surface area contributed by atoms with E-state index >= 15 is 0 Å². The summed E-state index contributed by atoms with van der Waals surface area (Å²) >= 11 is 0. The number of rotatable bonds is 7. The maximum absolute atomic E-state index is 2.51. The van der Waals surface area contributed by atoms with E-state index in [2.05, 4.69) is 245 Å². The lowest BCUT2D eigenvalue weighted by molar-refractivity contribution is 0.660. The molecule has 292 valence electrons. The molecule has 61 heavy (non-hydrogen) atoms. The van der Waals surface area contributed by atoms with Gasteiger partial charge in [0.2, 0.25) is 0 Å². The van der Waals surface area contributed by atoms with Gasteiger partial charge in [0.1, 0.15) is 0 Å². The van der Waals surface area contributed by atoms with Gasteiger partial charge >= 0.3 is 0 Å². The van der Waals surface area contributed by atoms with Crippen molar-refractivity contribution in [2.24, 2.45) is 0 Å². The molecule has 0 N–H and O–H groups in total. The molecule has 2 aliphatic carbocycles. The van der Waals surface area contributed by atoms with E-state index in [-0.39, 0.29) is 10.8 Å². The first kappa shape index (κ1) is 36.8. The molecule has 0 heterocycles. The van der Waals surface area contributed by atoms with E-state index < -0.39 is 0 Å². The van der Waals surface area contributed by atoms with Gasteiger partial charge in [0.05, 0.1) is 11.4 Å². The largest absolute Gasteiger partial charge is 0.309 e. The Labute approximate surface area is 360 Å². The van der Waals surface area contributed by atoms with Crippen molar-refractivity contribution < 1.29 is 0 Å². The molecule has 0 fully saturated rings. The second-order valence-corrected chi connectivity index (χ2v) is 17.7. The summed E-state index contributed by atoms with van der Waals surface area (Å²) in [6, 6.07) is 78.5. The Bertz CT molecular complexity index is 3110. The molecule has 9 aromatic rings. The number of hydrogen-bond acceptors (Lipinski definition) is 1.